The number of aryl methyl sites for hydroxylation is 2. The third kappa shape index (κ3) is 3.43. The van der Waals surface area contributed by atoms with Crippen LogP contribution in [0.1, 0.15) is 32.1 Å². The summed E-state index contributed by atoms with van der Waals surface area (Å²) in [6.45, 7) is 3.78. The van der Waals surface area contributed by atoms with E-state index in [2.05, 4.69) is 15.0 Å². The Morgan fingerprint density at radius 2 is 1.86 bits per heavy atom. The Labute approximate surface area is 133 Å². The fourth-order valence-electron chi connectivity index (χ4n) is 2.03. The number of rotatable bonds is 3. The fraction of sp³-hybridized carbons (Fsp3) is 0.188. The zero-order valence-corrected chi connectivity index (χ0v) is 13.2. The molecule has 0 radical (unpaired) electrons. The average Bonchev–Trinajstić information content (AvgIpc) is 2.50. The van der Waals surface area contributed by atoms with Crippen LogP contribution in [0.3, 0.4) is 0 Å². The summed E-state index contributed by atoms with van der Waals surface area (Å²) in [5.41, 5.74) is 2.57. The second-order valence-electron chi connectivity index (χ2n) is 4.79. The predicted octanol–water partition coefficient (Wildman–Crippen LogP) is 3.39. The van der Waals surface area contributed by atoms with E-state index in [4.69, 9.17) is 11.6 Å². The van der Waals surface area contributed by atoms with Gasteiger partial charge in [-0.05, 0) is 43.2 Å². The van der Waals surface area contributed by atoms with Gasteiger partial charge < -0.3 is 10.1 Å². The van der Waals surface area contributed by atoms with Gasteiger partial charge in [0.1, 0.15) is 11.4 Å². The number of halogens is 1. The lowest BCUT2D eigenvalue weighted by atomic mass is 10.1. The molecule has 22 heavy (non-hydrogen) atoms. The Balaban J connectivity index is 2.29. The number of carbonyl (C=O) groups is 2. The second-order valence-corrected chi connectivity index (χ2v) is 5.20. The number of anilines is 1. The van der Waals surface area contributed by atoms with Crippen LogP contribution in [0.15, 0.2) is 30.3 Å². The Bertz CT molecular complexity index is 721. The van der Waals surface area contributed by atoms with Crippen molar-refractivity contribution in [3.8, 4) is 0 Å². The van der Waals surface area contributed by atoms with Gasteiger partial charge in [-0.15, -0.1) is 0 Å². The first kappa shape index (κ1) is 16.0. The van der Waals surface area contributed by atoms with Gasteiger partial charge in [-0.1, -0.05) is 23.7 Å². The van der Waals surface area contributed by atoms with Gasteiger partial charge in [0, 0.05) is 0 Å². The standard InChI is InChI=1S/C16H15ClN2O3/c1-9-7-10(2)14(11(17)8-9)19-15(20)12-5-4-6-13(18-12)16(21)22-3/h4-8H,1-3H3,(H,19,20). The smallest absolute Gasteiger partial charge is 0.356 e. The van der Waals surface area contributed by atoms with Crippen molar-refractivity contribution >= 4 is 29.2 Å². The van der Waals surface area contributed by atoms with Crippen LogP contribution in [0.5, 0.6) is 0 Å². The summed E-state index contributed by atoms with van der Waals surface area (Å²) in [4.78, 5) is 27.7. The van der Waals surface area contributed by atoms with Gasteiger partial charge in [0.25, 0.3) is 5.91 Å². The van der Waals surface area contributed by atoms with Crippen LogP contribution >= 0.6 is 11.6 Å². The molecule has 0 spiro atoms. The Kier molecular flexibility index (Phi) is 4.78. The molecule has 6 heteroatoms. The van der Waals surface area contributed by atoms with E-state index in [1.54, 1.807) is 12.1 Å². The largest absolute Gasteiger partial charge is 0.464 e. The molecule has 0 saturated carbocycles. The van der Waals surface area contributed by atoms with Crippen molar-refractivity contribution in [2.24, 2.45) is 0 Å². The molecule has 1 aromatic carbocycles. The molecule has 0 unspecified atom stereocenters. The summed E-state index contributed by atoms with van der Waals surface area (Å²) < 4.78 is 4.59. The Morgan fingerprint density at radius 1 is 1.18 bits per heavy atom. The van der Waals surface area contributed by atoms with Gasteiger partial charge >= 0.3 is 5.97 Å². The molecular formula is C16H15ClN2O3. The van der Waals surface area contributed by atoms with Crippen LogP contribution in [0, 0.1) is 13.8 Å². The molecule has 0 fully saturated rings. The van der Waals surface area contributed by atoms with Gasteiger partial charge in [0.05, 0.1) is 17.8 Å². The third-order valence-electron chi connectivity index (χ3n) is 3.05. The van der Waals surface area contributed by atoms with Crippen molar-refractivity contribution in [1.82, 2.24) is 4.98 Å². The van der Waals surface area contributed by atoms with Crippen LogP contribution in [0.4, 0.5) is 5.69 Å². The molecule has 1 heterocycles. The average molecular weight is 319 g/mol. The van der Waals surface area contributed by atoms with Crippen LogP contribution in [0.25, 0.3) is 0 Å². The van der Waals surface area contributed by atoms with E-state index in [0.717, 1.165) is 11.1 Å². The van der Waals surface area contributed by atoms with Crippen molar-refractivity contribution in [2.45, 2.75) is 13.8 Å². The van der Waals surface area contributed by atoms with Gasteiger partial charge in [-0.3, -0.25) is 4.79 Å². The molecule has 1 amide bonds. The molecule has 0 atom stereocenters. The predicted molar refractivity (Wildman–Crippen MR) is 84.5 cm³/mol. The topological polar surface area (TPSA) is 68.3 Å². The number of hydrogen-bond acceptors (Lipinski definition) is 4. The highest BCUT2D eigenvalue weighted by molar-refractivity contribution is 6.34. The lowest BCUT2D eigenvalue weighted by Crippen LogP contribution is -2.17. The van der Waals surface area contributed by atoms with E-state index < -0.39 is 11.9 Å². The zero-order chi connectivity index (χ0) is 16.3. The van der Waals surface area contributed by atoms with Crippen LogP contribution in [-0.4, -0.2) is 24.0 Å². The maximum Gasteiger partial charge on any atom is 0.356 e. The molecule has 0 saturated heterocycles. The SMILES string of the molecule is COC(=O)c1cccc(C(=O)Nc2c(C)cc(C)cc2Cl)n1. The number of esters is 1. The van der Waals surface area contributed by atoms with Crippen LogP contribution in [0.2, 0.25) is 5.02 Å². The molecule has 0 aliphatic rings. The van der Waals surface area contributed by atoms with Crippen molar-refractivity contribution in [1.29, 1.82) is 0 Å². The first-order valence-corrected chi connectivity index (χ1v) is 6.93. The summed E-state index contributed by atoms with van der Waals surface area (Å²) in [5, 5.41) is 3.17. The number of amides is 1. The Hall–Kier alpha value is -2.40. The number of methoxy groups -OCH3 is 1. The Morgan fingerprint density at radius 3 is 2.50 bits per heavy atom. The lowest BCUT2D eigenvalue weighted by Gasteiger charge is -2.11. The molecule has 1 N–H and O–H groups in total. The summed E-state index contributed by atoms with van der Waals surface area (Å²) >= 11 is 6.16. The molecule has 2 aromatic rings. The van der Waals surface area contributed by atoms with E-state index in [9.17, 15) is 9.59 Å². The fourth-order valence-corrected chi connectivity index (χ4v) is 2.40. The van der Waals surface area contributed by atoms with Crippen LogP contribution < -0.4 is 5.32 Å². The molecule has 2 rings (SSSR count). The number of pyridine rings is 1. The minimum Gasteiger partial charge on any atom is -0.464 e. The molecule has 114 valence electrons. The second kappa shape index (κ2) is 6.58. The van der Waals surface area contributed by atoms with E-state index in [0.29, 0.717) is 10.7 Å². The minimum atomic E-state index is -0.598. The molecule has 0 bridgehead atoms. The number of ether oxygens (including phenoxy) is 1. The number of nitrogens with zero attached hydrogens (tertiary/aromatic N) is 1. The monoisotopic (exact) mass is 318 g/mol. The van der Waals surface area contributed by atoms with E-state index >= 15 is 0 Å². The quantitative estimate of drug-likeness (QED) is 0.881. The van der Waals surface area contributed by atoms with E-state index in [1.807, 2.05) is 19.9 Å². The van der Waals surface area contributed by atoms with Gasteiger partial charge in [-0.25, -0.2) is 9.78 Å². The molecule has 0 aliphatic carbocycles. The summed E-state index contributed by atoms with van der Waals surface area (Å²) in [6.07, 6.45) is 0. The zero-order valence-electron chi connectivity index (χ0n) is 12.4. The number of carbonyl (C=O) groups excluding carboxylic acids is 2. The van der Waals surface area contributed by atoms with E-state index in [1.165, 1.54) is 19.2 Å². The number of aromatic nitrogens is 1. The number of benzene rings is 1. The van der Waals surface area contributed by atoms with Crippen molar-refractivity contribution < 1.29 is 14.3 Å². The van der Waals surface area contributed by atoms with Crippen molar-refractivity contribution in [3.05, 3.63) is 57.9 Å². The molecular weight excluding hydrogens is 304 g/mol. The number of nitrogens with one attached hydrogen (secondary N) is 1. The first-order valence-electron chi connectivity index (χ1n) is 6.56. The lowest BCUT2D eigenvalue weighted by molar-refractivity contribution is 0.0594. The highest BCUT2D eigenvalue weighted by Gasteiger charge is 2.15. The maximum absolute atomic E-state index is 12.3. The van der Waals surface area contributed by atoms with Gasteiger partial charge in [-0.2, -0.15) is 0 Å². The number of hydrogen-bond donors (Lipinski definition) is 1. The molecule has 5 nitrogen and oxygen atoms in total. The van der Waals surface area contributed by atoms with Crippen molar-refractivity contribution in [2.75, 3.05) is 12.4 Å². The summed E-state index contributed by atoms with van der Waals surface area (Å²) in [5.74, 6) is -1.04. The van der Waals surface area contributed by atoms with Crippen molar-refractivity contribution in [3.63, 3.8) is 0 Å². The minimum absolute atomic E-state index is 0.0712. The van der Waals surface area contributed by atoms with Gasteiger partial charge in [0.15, 0.2) is 0 Å². The highest BCUT2D eigenvalue weighted by atomic mass is 35.5. The highest BCUT2D eigenvalue weighted by Crippen LogP contribution is 2.27. The maximum atomic E-state index is 12.3. The van der Waals surface area contributed by atoms with E-state index in [-0.39, 0.29) is 11.4 Å². The molecule has 1 aromatic heterocycles. The summed E-state index contributed by atoms with van der Waals surface area (Å²) in [6, 6.07) is 8.24. The van der Waals surface area contributed by atoms with Gasteiger partial charge in [0.2, 0.25) is 0 Å². The first-order chi connectivity index (χ1) is 10.4. The van der Waals surface area contributed by atoms with Crippen LogP contribution in [-0.2, 0) is 4.74 Å². The summed E-state index contributed by atoms with van der Waals surface area (Å²) in [7, 11) is 1.26. The third-order valence-corrected chi connectivity index (χ3v) is 3.34. The molecule has 0 aliphatic heterocycles. The normalized spacial score (nSPS) is 10.2.